The van der Waals surface area contributed by atoms with Crippen LogP contribution in [0, 0.1) is 0 Å². The maximum atomic E-state index is 12.8. The number of carbonyl (C=O) groups is 2. The van der Waals surface area contributed by atoms with Crippen LogP contribution in [0.2, 0.25) is 0 Å². The van der Waals surface area contributed by atoms with E-state index in [4.69, 9.17) is 25.8 Å². The Morgan fingerprint density at radius 3 is 2.11 bits per heavy atom. The van der Waals surface area contributed by atoms with Crippen LogP contribution in [0.25, 0.3) is 0 Å². The molecule has 27 heavy (non-hydrogen) atoms. The van der Waals surface area contributed by atoms with Gasteiger partial charge in [-0.05, 0) is 18.2 Å². The Morgan fingerprint density at radius 1 is 0.963 bits per heavy atom. The second kappa shape index (κ2) is 7.63. The third-order valence-electron chi connectivity index (χ3n) is 4.06. The Labute approximate surface area is 161 Å². The largest absolute Gasteiger partial charge is 0.493 e. The van der Waals surface area contributed by atoms with Crippen LogP contribution in [0.5, 0.6) is 17.2 Å². The summed E-state index contributed by atoms with van der Waals surface area (Å²) in [6.45, 7) is 0. The molecule has 0 N–H and O–H groups in total. The normalized spacial score (nSPS) is 14.4. The first-order chi connectivity index (χ1) is 13.0. The lowest BCUT2D eigenvalue weighted by molar-refractivity contribution is 0.0999. The number of benzene rings is 2. The maximum absolute atomic E-state index is 12.8. The number of fused-ring (bicyclic) bond motifs is 1. The van der Waals surface area contributed by atoms with Crippen molar-refractivity contribution in [1.29, 1.82) is 0 Å². The summed E-state index contributed by atoms with van der Waals surface area (Å²) in [7, 11) is 4.40. The van der Waals surface area contributed by atoms with Crippen molar-refractivity contribution in [3.63, 3.8) is 0 Å². The molecule has 7 heteroatoms. The molecule has 1 amide bonds. The molecule has 0 aromatic heterocycles. The van der Waals surface area contributed by atoms with Crippen LogP contribution in [0.15, 0.2) is 52.5 Å². The second-order valence-corrected chi connectivity index (χ2v) is 5.99. The lowest BCUT2D eigenvalue weighted by atomic mass is 9.94. The first-order valence-corrected chi connectivity index (χ1v) is 8.32. The number of carbonyl (C=O) groups excluding carboxylic acids is 2. The van der Waals surface area contributed by atoms with Gasteiger partial charge in [-0.2, -0.15) is 0 Å². The lowest BCUT2D eigenvalue weighted by Gasteiger charge is -2.15. The highest BCUT2D eigenvalue weighted by Gasteiger charge is 2.24. The predicted molar refractivity (Wildman–Crippen MR) is 102 cm³/mol. The van der Waals surface area contributed by atoms with Crippen LogP contribution >= 0.6 is 11.6 Å². The van der Waals surface area contributed by atoms with Crippen LogP contribution in [0.4, 0.5) is 0 Å². The highest BCUT2D eigenvalue weighted by molar-refractivity contribution is 6.49. The van der Waals surface area contributed by atoms with Crippen molar-refractivity contribution in [3.05, 3.63) is 64.2 Å². The molecule has 1 aliphatic carbocycles. The fraction of sp³-hybridized carbons (Fsp3) is 0.150. The number of ether oxygens (including phenoxy) is 3. The summed E-state index contributed by atoms with van der Waals surface area (Å²) in [6, 6.07) is 9.88. The van der Waals surface area contributed by atoms with Crippen LogP contribution in [0.3, 0.4) is 0 Å². The number of amides is 1. The highest BCUT2D eigenvalue weighted by atomic mass is 35.5. The molecule has 0 saturated carbocycles. The quantitative estimate of drug-likeness (QED) is 0.802. The van der Waals surface area contributed by atoms with Crippen molar-refractivity contribution in [2.24, 2.45) is 4.99 Å². The Kier molecular flexibility index (Phi) is 5.28. The minimum absolute atomic E-state index is 0.00476. The van der Waals surface area contributed by atoms with Gasteiger partial charge >= 0.3 is 0 Å². The fourth-order valence-electron chi connectivity index (χ4n) is 2.77. The zero-order valence-corrected chi connectivity index (χ0v) is 15.7. The zero-order chi connectivity index (χ0) is 19.6. The molecule has 0 heterocycles. The van der Waals surface area contributed by atoms with Gasteiger partial charge < -0.3 is 14.2 Å². The van der Waals surface area contributed by atoms with Gasteiger partial charge in [0, 0.05) is 16.7 Å². The van der Waals surface area contributed by atoms with E-state index in [9.17, 15) is 9.59 Å². The van der Waals surface area contributed by atoms with E-state index in [-0.39, 0.29) is 16.4 Å². The van der Waals surface area contributed by atoms with Gasteiger partial charge in [0.25, 0.3) is 5.91 Å². The molecular weight excluding hydrogens is 370 g/mol. The number of allylic oxidation sites excluding steroid dienone is 2. The van der Waals surface area contributed by atoms with E-state index in [1.165, 1.54) is 39.5 Å². The van der Waals surface area contributed by atoms with Crippen molar-refractivity contribution in [3.8, 4) is 17.2 Å². The van der Waals surface area contributed by atoms with E-state index in [1.807, 2.05) is 0 Å². The monoisotopic (exact) mass is 385 g/mol. The molecule has 0 fully saturated rings. The number of Topliss-reactive ketones (excluding diaryl/α,β-unsaturated/α-hetero) is 1. The van der Waals surface area contributed by atoms with Gasteiger partial charge in [-0.25, -0.2) is 4.99 Å². The van der Waals surface area contributed by atoms with Crippen LogP contribution in [-0.4, -0.2) is 38.7 Å². The summed E-state index contributed by atoms with van der Waals surface area (Å²) in [5.41, 5.74) is 1.51. The minimum Gasteiger partial charge on any atom is -0.493 e. The summed E-state index contributed by atoms with van der Waals surface area (Å²) in [6.07, 6.45) is 1.39. The Morgan fingerprint density at radius 2 is 1.56 bits per heavy atom. The van der Waals surface area contributed by atoms with Crippen molar-refractivity contribution < 1.29 is 23.8 Å². The van der Waals surface area contributed by atoms with E-state index >= 15 is 0 Å². The number of rotatable bonds is 4. The van der Waals surface area contributed by atoms with Crippen LogP contribution in [0.1, 0.15) is 26.3 Å². The first kappa shape index (κ1) is 18.7. The van der Waals surface area contributed by atoms with E-state index < -0.39 is 5.91 Å². The number of aliphatic imine (C=N–C) groups is 1. The SMILES string of the molecule is COc1cc(C(=O)N=C2C=C(Cl)C(=O)c3ccccc32)cc(OC)c1OC. The van der Waals surface area contributed by atoms with Gasteiger partial charge in [0.2, 0.25) is 11.5 Å². The van der Waals surface area contributed by atoms with Gasteiger partial charge in [-0.1, -0.05) is 35.9 Å². The third-order valence-corrected chi connectivity index (χ3v) is 4.34. The predicted octanol–water partition coefficient (Wildman–Crippen LogP) is 3.66. The van der Waals surface area contributed by atoms with E-state index in [0.29, 0.717) is 34.1 Å². The van der Waals surface area contributed by atoms with Gasteiger partial charge in [0.05, 0.1) is 32.1 Å². The van der Waals surface area contributed by atoms with Crippen molar-refractivity contribution in [2.45, 2.75) is 0 Å². The topological polar surface area (TPSA) is 74.2 Å². The molecule has 3 rings (SSSR count). The smallest absolute Gasteiger partial charge is 0.277 e. The second-order valence-electron chi connectivity index (χ2n) is 5.58. The summed E-state index contributed by atoms with van der Waals surface area (Å²) < 4.78 is 15.8. The van der Waals surface area contributed by atoms with Crippen molar-refractivity contribution in [2.75, 3.05) is 21.3 Å². The molecule has 138 valence electrons. The summed E-state index contributed by atoms with van der Waals surface area (Å²) in [4.78, 5) is 29.1. The molecule has 0 unspecified atom stereocenters. The Bertz CT molecular complexity index is 969. The molecule has 0 radical (unpaired) electrons. The molecule has 1 aliphatic rings. The molecule has 0 saturated heterocycles. The van der Waals surface area contributed by atoms with Crippen molar-refractivity contribution >= 4 is 29.0 Å². The van der Waals surface area contributed by atoms with Gasteiger partial charge in [-0.3, -0.25) is 9.59 Å². The van der Waals surface area contributed by atoms with Gasteiger partial charge in [0.15, 0.2) is 11.5 Å². The summed E-state index contributed by atoms with van der Waals surface area (Å²) >= 11 is 6.02. The molecule has 0 atom stereocenters. The molecular formula is C20H16ClNO5. The maximum Gasteiger partial charge on any atom is 0.277 e. The fourth-order valence-corrected chi connectivity index (χ4v) is 2.97. The number of nitrogens with zero attached hydrogens (tertiary/aromatic N) is 1. The van der Waals surface area contributed by atoms with Crippen LogP contribution in [-0.2, 0) is 0 Å². The molecule has 6 nitrogen and oxygen atoms in total. The van der Waals surface area contributed by atoms with E-state index in [1.54, 1.807) is 24.3 Å². The standard InChI is InChI=1S/C20H16ClNO5/c1-25-16-8-11(9-17(26-2)19(16)27-3)20(24)22-15-10-14(21)18(23)13-7-5-4-6-12(13)15/h4-10H,1-3H3. The number of halogens is 1. The minimum atomic E-state index is -0.533. The van der Waals surface area contributed by atoms with E-state index in [0.717, 1.165) is 0 Å². The molecule has 0 aliphatic heterocycles. The number of hydrogen-bond acceptors (Lipinski definition) is 5. The zero-order valence-electron chi connectivity index (χ0n) is 14.9. The number of hydrogen-bond donors (Lipinski definition) is 0. The first-order valence-electron chi connectivity index (χ1n) is 7.94. The lowest BCUT2D eigenvalue weighted by Crippen LogP contribution is -2.16. The Hall–Kier alpha value is -3.12. The molecule has 2 aromatic rings. The van der Waals surface area contributed by atoms with Gasteiger partial charge in [0.1, 0.15) is 0 Å². The summed E-state index contributed by atoms with van der Waals surface area (Å²) in [5.74, 6) is 0.225. The molecule has 0 spiro atoms. The van der Waals surface area contributed by atoms with Crippen LogP contribution < -0.4 is 14.2 Å². The number of ketones is 1. The summed E-state index contributed by atoms with van der Waals surface area (Å²) in [5, 5.41) is 0.00476. The molecule has 0 bridgehead atoms. The third kappa shape index (κ3) is 3.44. The molecule has 2 aromatic carbocycles. The average molecular weight is 386 g/mol. The highest BCUT2D eigenvalue weighted by Crippen LogP contribution is 2.38. The van der Waals surface area contributed by atoms with E-state index in [2.05, 4.69) is 4.99 Å². The number of methoxy groups -OCH3 is 3. The average Bonchev–Trinajstić information content (AvgIpc) is 2.70. The Balaban J connectivity index is 2.08. The van der Waals surface area contributed by atoms with Crippen molar-refractivity contribution in [1.82, 2.24) is 0 Å². The van der Waals surface area contributed by atoms with Gasteiger partial charge in [-0.15, -0.1) is 0 Å².